The van der Waals surface area contributed by atoms with E-state index in [9.17, 15) is 18.0 Å². The number of carbonyl (C=O) groups is 2. The fourth-order valence-electron chi connectivity index (χ4n) is 1.85. The van der Waals surface area contributed by atoms with E-state index in [4.69, 9.17) is 0 Å². The topological polar surface area (TPSA) is 86.8 Å². The molecule has 0 aliphatic carbocycles. The molecule has 0 saturated carbocycles. The second-order valence-corrected chi connectivity index (χ2v) is 7.57. The molecule has 1 aromatic carbocycles. The summed E-state index contributed by atoms with van der Waals surface area (Å²) in [5.41, 5.74) is 0.944. The summed E-state index contributed by atoms with van der Waals surface area (Å²) in [4.78, 5) is 25.3. The number of likely N-dealkylation sites (N-methyl/N-ethyl adjacent to an activating group) is 1. The van der Waals surface area contributed by atoms with Gasteiger partial charge in [-0.2, -0.15) is 4.31 Å². The summed E-state index contributed by atoms with van der Waals surface area (Å²) in [7, 11) is 0.177. The van der Waals surface area contributed by atoms with Crippen molar-refractivity contribution < 1.29 is 18.0 Å². The number of nitrogens with zero attached hydrogens (tertiary/aromatic N) is 2. The monoisotopic (exact) mass is 341 g/mol. The molecule has 0 aliphatic rings. The van der Waals surface area contributed by atoms with E-state index in [0.717, 1.165) is 10.6 Å². The molecule has 0 fully saturated rings. The van der Waals surface area contributed by atoms with Crippen LogP contribution in [0.1, 0.15) is 17.3 Å². The minimum atomic E-state index is -3.48. The van der Waals surface area contributed by atoms with Crippen molar-refractivity contribution in [2.75, 3.05) is 45.3 Å². The zero-order valence-electron chi connectivity index (χ0n) is 13.9. The molecular formula is C15H23N3O4S. The molecule has 0 bridgehead atoms. The Labute approximate surface area is 137 Å². The predicted molar refractivity (Wildman–Crippen MR) is 90.0 cm³/mol. The van der Waals surface area contributed by atoms with Crippen LogP contribution in [0.4, 0.5) is 5.69 Å². The van der Waals surface area contributed by atoms with Gasteiger partial charge in [-0.15, -0.1) is 0 Å². The molecule has 7 nitrogen and oxygen atoms in total. The van der Waals surface area contributed by atoms with Gasteiger partial charge in [0, 0.05) is 24.3 Å². The van der Waals surface area contributed by atoms with Crippen LogP contribution in [-0.2, 0) is 14.8 Å². The molecule has 0 unspecified atom stereocenters. The first-order chi connectivity index (χ1) is 10.6. The maximum atomic E-state index is 12.1. The molecule has 1 amide bonds. The van der Waals surface area contributed by atoms with Gasteiger partial charge in [0.05, 0.1) is 12.8 Å². The van der Waals surface area contributed by atoms with Crippen LogP contribution in [0.25, 0.3) is 0 Å². The molecule has 0 aliphatic heterocycles. The van der Waals surface area contributed by atoms with Crippen molar-refractivity contribution in [2.24, 2.45) is 0 Å². The standard InChI is InChI=1S/C15H23N3O4S/c1-12(19)13-6-5-7-14(10-13)16-15(20)11-18(23(4,21)22)9-8-17(2)3/h5-7,10H,8-9,11H2,1-4H3,(H,16,20). The number of sulfonamides is 1. The Kier molecular flexibility index (Phi) is 6.86. The lowest BCUT2D eigenvalue weighted by molar-refractivity contribution is -0.116. The van der Waals surface area contributed by atoms with Crippen LogP contribution in [0, 0.1) is 0 Å². The predicted octanol–water partition coefficient (Wildman–Crippen LogP) is 0.651. The van der Waals surface area contributed by atoms with Crippen LogP contribution in [0.2, 0.25) is 0 Å². The third-order valence-electron chi connectivity index (χ3n) is 3.14. The maximum absolute atomic E-state index is 12.1. The molecule has 1 aromatic rings. The molecule has 1 N–H and O–H groups in total. The van der Waals surface area contributed by atoms with Gasteiger partial charge in [-0.1, -0.05) is 12.1 Å². The van der Waals surface area contributed by atoms with Crippen LogP contribution in [0.5, 0.6) is 0 Å². The summed E-state index contributed by atoms with van der Waals surface area (Å²) in [6.45, 7) is 1.91. The Balaban J connectivity index is 2.76. The molecule has 0 atom stereocenters. The van der Waals surface area contributed by atoms with E-state index in [2.05, 4.69) is 5.32 Å². The van der Waals surface area contributed by atoms with Gasteiger partial charge in [-0.05, 0) is 33.2 Å². The highest BCUT2D eigenvalue weighted by Crippen LogP contribution is 2.11. The van der Waals surface area contributed by atoms with Crippen molar-refractivity contribution >= 4 is 27.4 Å². The largest absolute Gasteiger partial charge is 0.325 e. The molecule has 8 heteroatoms. The number of anilines is 1. The number of hydrogen-bond donors (Lipinski definition) is 1. The van der Waals surface area contributed by atoms with Crippen LogP contribution in [-0.4, -0.2) is 69.3 Å². The van der Waals surface area contributed by atoms with Gasteiger partial charge in [0.25, 0.3) is 0 Å². The van der Waals surface area contributed by atoms with E-state index in [-0.39, 0.29) is 18.9 Å². The van der Waals surface area contributed by atoms with E-state index in [1.165, 1.54) is 6.92 Å². The average molecular weight is 341 g/mol. The SMILES string of the molecule is CC(=O)c1cccc(NC(=O)CN(CCN(C)C)S(C)(=O)=O)c1. The Morgan fingerprint density at radius 1 is 1.17 bits per heavy atom. The lowest BCUT2D eigenvalue weighted by Crippen LogP contribution is -2.41. The second kappa shape index (κ2) is 8.19. The molecular weight excluding hydrogens is 318 g/mol. The molecule has 23 heavy (non-hydrogen) atoms. The Bertz CT molecular complexity index is 671. The van der Waals surface area contributed by atoms with Crippen LogP contribution < -0.4 is 5.32 Å². The summed E-state index contributed by atoms with van der Waals surface area (Å²) in [6, 6.07) is 6.52. The Morgan fingerprint density at radius 2 is 1.83 bits per heavy atom. The third-order valence-corrected chi connectivity index (χ3v) is 4.39. The molecule has 128 valence electrons. The zero-order valence-corrected chi connectivity index (χ0v) is 14.7. The van der Waals surface area contributed by atoms with Crippen molar-refractivity contribution in [2.45, 2.75) is 6.92 Å². The molecule has 1 rings (SSSR count). The minimum Gasteiger partial charge on any atom is -0.325 e. The summed E-state index contributed by atoms with van der Waals surface area (Å²) < 4.78 is 24.6. The fraction of sp³-hybridized carbons (Fsp3) is 0.467. The number of nitrogens with one attached hydrogen (secondary N) is 1. The number of amides is 1. The normalized spacial score (nSPS) is 11.7. The van der Waals surface area contributed by atoms with Crippen molar-refractivity contribution in [3.8, 4) is 0 Å². The van der Waals surface area contributed by atoms with Gasteiger partial charge in [0.15, 0.2) is 5.78 Å². The molecule has 0 heterocycles. The summed E-state index contributed by atoms with van der Waals surface area (Å²) in [5, 5.41) is 2.62. The quantitative estimate of drug-likeness (QED) is 0.702. The van der Waals surface area contributed by atoms with Gasteiger partial charge >= 0.3 is 0 Å². The molecule has 0 aromatic heterocycles. The zero-order chi connectivity index (χ0) is 17.6. The third kappa shape index (κ3) is 6.89. The van der Waals surface area contributed by atoms with Crippen LogP contribution >= 0.6 is 0 Å². The average Bonchev–Trinajstić information content (AvgIpc) is 2.42. The van der Waals surface area contributed by atoms with Gasteiger partial charge in [-0.3, -0.25) is 9.59 Å². The number of Topliss-reactive ketones (excluding diaryl/α,β-unsaturated/α-hetero) is 1. The molecule has 0 spiro atoms. The van der Waals surface area contributed by atoms with Gasteiger partial charge in [0.1, 0.15) is 0 Å². The lowest BCUT2D eigenvalue weighted by atomic mass is 10.1. The highest BCUT2D eigenvalue weighted by atomic mass is 32.2. The summed E-state index contributed by atoms with van der Waals surface area (Å²) in [5.74, 6) is -0.556. The Morgan fingerprint density at radius 3 is 2.35 bits per heavy atom. The van der Waals surface area contributed by atoms with E-state index in [1.54, 1.807) is 24.3 Å². The highest BCUT2D eigenvalue weighted by molar-refractivity contribution is 7.88. The summed E-state index contributed by atoms with van der Waals surface area (Å²) in [6.07, 6.45) is 1.08. The second-order valence-electron chi connectivity index (χ2n) is 5.58. The molecule has 0 radical (unpaired) electrons. The van der Waals surface area contributed by atoms with E-state index in [1.807, 2.05) is 19.0 Å². The van der Waals surface area contributed by atoms with Crippen LogP contribution in [0.3, 0.4) is 0 Å². The summed E-state index contributed by atoms with van der Waals surface area (Å²) >= 11 is 0. The van der Waals surface area contributed by atoms with Gasteiger partial charge < -0.3 is 10.2 Å². The number of benzene rings is 1. The van der Waals surface area contributed by atoms with Crippen molar-refractivity contribution in [3.05, 3.63) is 29.8 Å². The van der Waals surface area contributed by atoms with Gasteiger partial charge in [0.2, 0.25) is 15.9 Å². The lowest BCUT2D eigenvalue weighted by Gasteiger charge is -2.21. The number of rotatable bonds is 8. The minimum absolute atomic E-state index is 0.107. The van der Waals surface area contributed by atoms with Crippen molar-refractivity contribution in [1.82, 2.24) is 9.21 Å². The van der Waals surface area contributed by atoms with E-state index in [0.29, 0.717) is 17.8 Å². The van der Waals surface area contributed by atoms with E-state index >= 15 is 0 Å². The first-order valence-electron chi connectivity index (χ1n) is 7.10. The van der Waals surface area contributed by atoms with Crippen LogP contribution in [0.15, 0.2) is 24.3 Å². The first-order valence-corrected chi connectivity index (χ1v) is 8.95. The number of ketones is 1. The van der Waals surface area contributed by atoms with E-state index < -0.39 is 15.9 Å². The number of hydrogen-bond acceptors (Lipinski definition) is 5. The fourth-order valence-corrected chi connectivity index (χ4v) is 2.62. The number of carbonyl (C=O) groups excluding carboxylic acids is 2. The van der Waals surface area contributed by atoms with Crippen molar-refractivity contribution in [1.29, 1.82) is 0 Å². The highest BCUT2D eigenvalue weighted by Gasteiger charge is 2.20. The maximum Gasteiger partial charge on any atom is 0.239 e. The van der Waals surface area contributed by atoms with Crippen molar-refractivity contribution in [3.63, 3.8) is 0 Å². The molecule has 0 saturated heterocycles. The first kappa shape index (κ1) is 19.3. The smallest absolute Gasteiger partial charge is 0.239 e. The van der Waals surface area contributed by atoms with Gasteiger partial charge in [-0.25, -0.2) is 8.42 Å². The Hall–Kier alpha value is -1.77.